The summed E-state index contributed by atoms with van der Waals surface area (Å²) in [5, 5.41) is 19.2. The molecule has 0 radical (unpaired) electrons. The Labute approximate surface area is 174 Å². The summed E-state index contributed by atoms with van der Waals surface area (Å²) in [6.07, 6.45) is 0. The van der Waals surface area contributed by atoms with Gasteiger partial charge in [0.1, 0.15) is 11.4 Å². The lowest BCUT2D eigenvalue weighted by Gasteiger charge is -2.26. The van der Waals surface area contributed by atoms with Gasteiger partial charge in [-0.3, -0.25) is 0 Å². The van der Waals surface area contributed by atoms with Crippen LogP contribution < -0.4 is 0 Å². The molecule has 2 aromatic rings. The van der Waals surface area contributed by atoms with Crippen molar-refractivity contribution in [1.82, 2.24) is 4.31 Å². The van der Waals surface area contributed by atoms with Crippen LogP contribution in [0.1, 0.15) is 52.7 Å². The van der Waals surface area contributed by atoms with Crippen LogP contribution in [-0.4, -0.2) is 31.9 Å². The SMILES string of the molecule is CN(C)S(=O)(=O)c1ccc(N=Nc2cc(C(C)(C)C)cc(C(C)(C)C)c2O)cc1. The van der Waals surface area contributed by atoms with E-state index < -0.39 is 10.0 Å². The topological polar surface area (TPSA) is 82.3 Å². The largest absolute Gasteiger partial charge is 0.505 e. The van der Waals surface area contributed by atoms with Gasteiger partial charge in [-0.1, -0.05) is 47.6 Å². The molecule has 0 heterocycles. The first-order valence-electron chi connectivity index (χ1n) is 9.46. The number of aromatic hydroxyl groups is 1. The molecular formula is C22H31N3O3S. The summed E-state index contributed by atoms with van der Waals surface area (Å²) in [5.41, 5.74) is 2.40. The third-order valence-electron chi connectivity index (χ3n) is 4.65. The number of nitrogens with zero attached hydrogens (tertiary/aromatic N) is 3. The van der Waals surface area contributed by atoms with Crippen LogP contribution in [0.4, 0.5) is 11.4 Å². The van der Waals surface area contributed by atoms with E-state index in [2.05, 4.69) is 31.0 Å². The fourth-order valence-electron chi connectivity index (χ4n) is 2.71. The number of phenols is 1. The zero-order chi connectivity index (χ0) is 22.2. The highest BCUT2D eigenvalue weighted by atomic mass is 32.2. The second-order valence-electron chi connectivity index (χ2n) is 9.37. The lowest BCUT2D eigenvalue weighted by atomic mass is 9.80. The molecule has 0 aliphatic rings. The Morgan fingerprint density at radius 2 is 1.41 bits per heavy atom. The minimum Gasteiger partial charge on any atom is -0.505 e. The molecule has 1 N–H and O–H groups in total. The van der Waals surface area contributed by atoms with Crippen molar-refractivity contribution in [1.29, 1.82) is 0 Å². The third-order valence-corrected chi connectivity index (χ3v) is 6.48. The van der Waals surface area contributed by atoms with Gasteiger partial charge in [-0.25, -0.2) is 12.7 Å². The lowest BCUT2D eigenvalue weighted by Crippen LogP contribution is -2.21. The van der Waals surface area contributed by atoms with E-state index in [0.717, 1.165) is 15.4 Å². The minimum absolute atomic E-state index is 0.111. The Morgan fingerprint density at radius 3 is 1.86 bits per heavy atom. The van der Waals surface area contributed by atoms with E-state index in [1.807, 2.05) is 32.9 Å². The van der Waals surface area contributed by atoms with Crippen LogP contribution in [0.3, 0.4) is 0 Å². The van der Waals surface area contributed by atoms with Gasteiger partial charge >= 0.3 is 0 Å². The summed E-state index contributed by atoms with van der Waals surface area (Å²) in [5.74, 6) is 0.112. The molecule has 158 valence electrons. The molecule has 0 unspecified atom stereocenters. The maximum Gasteiger partial charge on any atom is 0.242 e. The Hall–Kier alpha value is -2.25. The molecule has 0 fully saturated rings. The molecule has 7 heteroatoms. The monoisotopic (exact) mass is 417 g/mol. The fraction of sp³-hybridized carbons (Fsp3) is 0.455. The van der Waals surface area contributed by atoms with Crippen molar-refractivity contribution in [3.8, 4) is 5.75 Å². The second kappa shape index (κ2) is 7.88. The fourth-order valence-corrected chi connectivity index (χ4v) is 3.61. The summed E-state index contributed by atoms with van der Waals surface area (Å²) < 4.78 is 25.5. The number of hydrogen-bond acceptors (Lipinski definition) is 5. The second-order valence-corrected chi connectivity index (χ2v) is 11.5. The Kier molecular flexibility index (Phi) is 6.26. The van der Waals surface area contributed by atoms with Gasteiger partial charge in [0.25, 0.3) is 0 Å². The first-order chi connectivity index (χ1) is 13.1. The van der Waals surface area contributed by atoms with Crippen LogP contribution in [0.15, 0.2) is 51.5 Å². The average Bonchev–Trinajstić information content (AvgIpc) is 2.59. The Balaban J connectivity index is 2.47. The molecule has 0 bridgehead atoms. The standard InChI is InChI=1S/C22H31N3O3S/c1-21(2,3)15-13-18(22(4,5)6)20(26)19(14-15)24-23-16-9-11-17(12-10-16)29(27,28)25(7)8/h9-14,26H,1-8H3. The number of hydrogen-bond donors (Lipinski definition) is 1. The van der Waals surface area contributed by atoms with Gasteiger partial charge in [0.05, 0.1) is 10.6 Å². The highest BCUT2D eigenvalue weighted by Crippen LogP contribution is 2.42. The number of benzene rings is 2. The third kappa shape index (κ3) is 5.22. The van der Waals surface area contributed by atoms with Gasteiger partial charge in [-0.2, -0.15) is 5.11 Å². The number of azo groups is 1. The van der Waals surface area contributed by atoms with E-state index in [4.69, 9.17) is 0 Å². The lowest BCUT2D eigenvalue weighted by molar-refractivity contribution is 0.446. The number of phenolic OH excluding ortho intramolecular Hbond substituents is 1. The molecule has 0 aromatic heterocycles. The summed E-state index contributed by atoms with van der Waals surface area (Å²) in [7, 11) is -0.517. The summed E-state index contributed by atoms with van der Waals surface area (Å²) >= 11 is 0. The zero-order valence-electron chi connectivity index (χ0n) is 18.5. The van der Waals surface area contributed by atoms with E-state index in [1.165, 1.54) is 26.2 Å². The van der Waals surface area contributed by atoms with Crippen molar-refractivity contribution < 1.29 is 13.5 Å². The maximum atomic E-state index is 12.2. The van der Waals surface area contributed by atoms with E-state index in [1.54, 1.807) is 12.1 Å². The van der Waals surface area contributed by atoms with Crippen LogP contribution in [0.25, 0.3) is 0 Å². The van der Waals surface area contributed by atoms with Crippen molar-refractivity contribution in [2.45, 2.75) is 57.3 Å². The van der Waals surface area contributed by atoms with Crippen LogP contribution >= 0.6 is 0 Å². The smallest absolute Gasteiger partial charge is 0.242 e. The predicted molar refractivity (Wildman–Crippen MR) is 117 cm³/mol. The molecule has 0 spiro atoms. The van der Waals surface area contributed by atoms with Gasteiger partial charge in [0, 0.05) is 19.7 Å². The summed E-state index contributed by atoms with van der Waals surface area (Å²) in [4.78, 5) is 0.189. The average molecular weight is 418 g/mol. The van der Waals surface area contributed by atoms with Crippen molar-refractivity contribution >= 4 is 21.4 Å². The van der Waals surface area contributed by atoms with Gasteiger partial charge in [0.15, 0.2) is 0 Å². The molecule has 0 aliphatic heterocycles. The molecular weight excluding hydrogens is 386 g/mol. The molecule has 0 aliphatic carbocycles. The summed E-state index contributed by atoms with van der Waals surface area (Å²) in [6.45, 7) is 12.4. The van der Waals surface area contributed by atoms with Crippen molar-refractivity contribution in [3.05, 3.63) is 47.5 Å². The van der Waals surface area contributed by atoms with Crippen molar-refractivity contribution in [2.75, 3.05) is 14.1 Å². The van der Waals surface area contributed by atoms with Gasteiger partial charge in [0.2, 0.25) is 10.0 Å². The normalized spacial score (nSPS) is 13.4. The molecule has 0 saturated carbocycles. The molecule has 2 aromatic carbocycles. The zero-order valence-corrected chi connectivity index (χ0v) is 19.3. The van der Waals surface area contributed by atoms with E-state index >= 15 is 0 Å². The molecule has 0 atom stereocenters. The van der Waals surface area contributed by atoms with E-state index in [9.17, 15) is 13.5 Å². The van der Waals surface area contributed by atoms with Crippen LogP contribution in [-0.2, 0) is 20.9 Å². The van der Waals surface area contributed by atoms with E-state index in [0.29, 0.717) is 11.4 Å². The van der Waals surface area contributed by atoms with Gasteiger partial charge in [-0.15, -0.1) is 5.11 Å². The molecule has 0 amide bonds. The Morgan fingerprint density at radius 1 is 0.862 bits per heavy atom. The quantitative estimate of drug-likeness (QED) is 0.652. The van der Waals surface area contributed by atoms with E-state index in [-0.39, 0.29) is 21.5 Å². The minimum atomic E-state index is -3.49. The van der Waals surface area contributed by atoms with Crippen LogP contribution in [0.2, 0.25) is 0 Å². The molecule has 29 heavy (non-hydrogen) atoms. The highest BCUT2D eigenvalue weighted by molar-refractivity contribution is 7.89. The molecule has 2 rings (SSSR count). The Bertz CT molecular complexity index is 1010. The highest BCUT2D eigenvalue weighted by Gasteiger charge is 2.25. The van der Waals surface area contributed by atoms with Gasteiger partial charge < -0.3 is 5.11 Å². The van der Waals surface area contributed by atoms with Crippen LogP contribution in [0, 0.1) is 0 Å². The molecule has 6 nitrogen and oxygen atoms in total. The maximum absolute atomic E-state index is 12.2. The number of sulfonamides is 1. The first kappa shape index (κ1) is 23.0. The van der Waals surface area contributed by atoms with Crippen LogP contribution in [0.5, 0.6) is 5.75 Å². The van der Waals surface area contributed by atoms with Crippen molar-refractivity contribution in [3.63, 3.8) is 0 Å². The summed E-state index contributed by atoms with van der Waals surface area (Å²) in [6, 6.07) is 10.0. The first-order valence-corrected chi connectivity index (χ1v) is 10.9. The van der Waals surface area contributed by atoms with Crippen molar-refractivity contribution in [2.24, 2.45) is 10.2 Å². The molecule has 0 saturated heterocycles. The predicted octanol–water partition coefficient (Wildman–Crippen LogP) is 5.65. The van der Waals surface area contributed by atoms with Gasteiger partial charge in [-0.05, 0) is 46.7 Å². The number of rotatable bonds is 4.